The van der Waals surface area contributed by atoms with Gasteiger partial charge in [-0.1, -0.05) is 0 Å². The Bertz CT molecular complexity index is 602. The van der Waals surface area contributed by atoms with Crippen molar-refractivity contribution in [1.82, 2.24) is 4.98 Å². The number of aryl methyl sites for hydroxylation is 1. The summed E-state index contributed by atoms with van der Waals surface area (Å²) in [6.07, 6.45) is 0. The van der Waals surface area contributed by atoms with Gasteiger partial charge < -0.3 is 14.4 Å². The number of carbonyl (C=O) groups excluding carboxylic acids is 1. The number of aromatic nitrogens is 1. The van der Waals surface area contributed by atoms with Crippen molar-refractivity contribution in [1.29, 1.82) is 0 Å². The largest absolute Gasteiger partial charge is 0.497 e. The Hall–Kier alpha value is -2.08. The van der Waals surface area contributed by atoms with E-state index < -0.39 is 0 Å². The van der Waals surface area contributed by atoms with Crippen molar-refractivity contribution in [3.63, 3.8) is 0 Å². The predicted molar refractivity (Wildman–Crippen MR) is 79.1 cm³/mol. The summed E-state index contributed by atoms with van der Waals surface area (Å²) in [5, 5.41) is 0. The third-order valence-corrected chi connectivity index (χ3v) is 3.88. The van der Waals surface area contributed by atoms with E-state index in [0.29, 0.717) is 22.1 Å². The maximum absolute atomic E-state index is 12.4. The van der Waals surface area contributed by atoms with Gasteiger partial charge in [-0.3, -0.25) is 4.79 Å². The molecule has 0 N–H and O–H groups in total. The number of methoxy groups -OCH3 is 2. The number of carbonyl (C=O) groups is 1. The zero-order chi connectivity index (χ0) is 14.7. The Morgan fingerprint density at radius 3 is 2.25 bits per heavy atom. The number of amides is 1. The monoisotopic (exact) mass is 292 g/mol. The summed E-state index contributed by atoms with van der Waals surface area (Å²) in [6, 6.07) is 5.34. The smallest absolute Gasteiger partial charge is 0.270 e. The molecule has 0 unspecified atom stereocenters. The van der Waals surface area contributed by atoms with Gasteiger partial charge in [0.25, 0.3) is 5.91 Å². The molecule has 1 aromatic carbocycles. The summed E-state index contributed by atoms with van der Waals surface area (Å²) in [5.41, 5.74) is 3.11. The van der Waals surface area contributed by atoms with Crippen LogP contribution in [0.5, 0.6) is 11.5 Å². The molecule has 0 aliphatic rings. The molecule has 1 amide bonds. The first kappa shape index (κ1) is 14.3. The average molecular weight is 292 g/mol. The van der Waals surface area contributed by atoms with Gasteiger partial charge in [-0.15, -0.1) is 11.3 Å². The lowest BCUT2D eigenvalue weighted by atomic mass is 10.2. The Balaban J connectivity index is 2.35. The van der Waals surface area contributed by atoms with Crippen molar-refractivity contribution < 1.29 is 14.3 Å². The van der Waals surface area contributed by atoms with E-state index in [1.807, 2.05) is 6.92 Å². The highest BCUT2D eigenvalue weighted by Gasteiger charge is 2.19. The van der Waals surface area contributed by atoms with Gasteiger partial charge in [-0.05, 0) is 6.92 Å². The van der Waals surface area contributed by atoms with Crippen LogP contribution in [-0.2, 0) is 0 Å². The van der Waals surface area contributed by atoms with Crippen molar-refractivity contribution >= 4 is 22.9 Å². The molecule has 106 valence electrons. The first-order chi connectivity index (χ1) is 9.56. The lowest BCUT2D eigenvalue weighted by molar-refractivity contribution is 0.0996. The second-order valence-corrected chi connectivity index (χ2v) is 5.06. The van der Waals surface area contributed by atoms with Crippen molar-refractivity contribution in [3.8, 4) is 11.5 Å². The van der Waals surface area contributed by atoms with Crippen LogP contribution in [0.25, 0.3) is 0 Å². The molecule has 0 aliphatic carbocycles. The summed E-state index contributed by atoms with van der Waals surface area (Å²) in [4.78, 5) is 18.7. The molecule has 0 radical (unpaired) electrons. The van der Waals surface area contributed by atoms with Crippen molar-refractivity contribution in [2.24, 2.45) is 0 Å². The van der Waals surface area contributed by atoms with E-state index in [9.17, 15) is 4.79 Å². The molecular formula is C14H16N2O3S. The number of anilines is 1. The third kappa shape index (κ3) is 2.75. The normalized spacial score (nSPS) is 10.2. The Morgan fingerprint density at radius 2 is 1.80 bits per heavy atom. The molecule has 0 saturated heterocycles. The molecule has 1 aromatic heterocycles. The molecule has 2 rings (SSSR count). The minimum atomic E-state index is -0.0969. The molecule has 1 heterocycles. The van der Waals surface area contributed by atoms with Gasteiger partial charge in [0.2, 0.25) is 0 Å². The standard InChI is InChI=1S/C14H16N2O3S/c1-9-13(20-8-15-9)14(17)16(2)10-5-11(18-3)7-12(6-10)19-4/h5-8H,1-4H3. The molecule has 0 saturated carbocycles. The summed E-state index contributed by atoms with van der Waals surface area (Å²) in [6.45, 7) is 1.82. The first-order valence-electron chi connectivity index (χ1n) is 5.98. The fourth-order valence-electron chi connectivity index (χ4n) is 1.76. The fraction of sp³-hybridized carbons (Fsp3) is 0.286. The molecule has 0 atom stereocenters. The van der Waals surface area contributed by atoms with Crippen LogP contribution in [0.15, 0.2) is 23.7 Å². The number of hydrogen-bond acceptors (Lipinski definition) is 5. The zero-order valence-corrected chi connectivity index (χ0v) is 12.7. The number of rotatable bonds is 4. The highest BCUT2D eigenvalue weighted by atomic mass is 32.1. The zero-order valence-electron chi connectivity index (χ0n) is 11.8. The van der Waals surface area contributed by atoms with Crippen molar-refractivity contribution in [2.75, 3.05) is 26.2 Å². The van der Waals surface area contributed by atoms with Crippen LogP contribution in [0.1, 0.15) is 15.4 Å². The Kier molecular flexibility index (Phi) is 4.24. The van der Waals surface area contributed by atoms with Crippen molar-refractivity contribution in [2.45, 2.75) is 6.92 Å². The minimum absolute atomic E-state index is 0.0969. The van der Waals surface area contributed by atoms with Crippen LogP contribution in [0.2, 0.25) is 0 Å². The van der Waals surface area contributed by atoms with Gasteiger partial charge >= 0.3 is 0 Å². The molecule has 0 spiro atoms. The van der Waals surface area contributed by atoms with Gasteiger partial charge in [0.05, 0.1) is 31.1 Å². The van der Waals surface area contributed by atoms with Crippen LogP contribution < -0.4 is 14.4 Å². The van der Waals surface area contributed by atoms with Gasteiger partial charge in [0, 0.05) is 25.2 Å². The molecule has 0 fully saturated rings. The summed E-state index contributed by atoms with van der Waals surface area (Å²) >= 11 is 1.34. The third-order valence-electron chi connectivity index (χ3n) is 2.97. The topological polar surface area (TPSA) is 51.7 Å². The minimum Gasteiger partial charge on any atom is -0.497 e. The number of hydrogen-bond donors (Lipinski definition) is 0. The Morgan fingerprint density at radius 1 is 1.20 bits per heavy atom. The van der Waals surface area contributed by atoms with Crippen LogP contribution in [0.4, 0.5) is 5.69 Å². The lowest BCUT2D eigenvalue weighted by Crippen LogP contribution is -2.26. The van der Waals surface area contributed by atoms with E-state index in [2.05, 4.69) is 4.98 Å². The van der Waals surface area contributed by atoms with Gasteiger partial charge in [-0.25, -0.2) is 4.98 Å². The van der Waals surface area contributed by atoms with Crippen LogP contribution in [-0.4, -0.2) is 32.2 Å². The summed E-state index contributed by atoms with van der Waals surface area (Å²) in [7, 11) is 4.87. The second-order valence-electron chi connectivity index (χ2n) is 4.20. The highest BCUT2D eigenvalue weighted by Crippen LogP contribution is 2.29. The number of benzene rings is 1. The maximum atomic E-state index is 12.4. The molecule has 5 nitrogen and oxygen atoms in total. The average Bonchev–Trinajstić information content (AvgIpc) is 2.91. The first-order valence-corrected chi connectivity index (χ1v) is 6.86. The fourth-order valence-corrected chi connectivity index (χ4v) is 2.54. The van der Waals surface area contributed by atoms with Gasteiger partial charge in [-0.2, -0.15) is 0 Å². The SMILES string of the molecule is COc1cc(OC)cc(N(C)C(=O)c2scnc2C)c1. The molecule has 0 bridgehead atoms. The molecular weight excluding hydrogens is 276 g/mol. The van der Waals surface area contributed by atoms with E-state index in [0.717, 1.165) is 5.69 Å². The highest BCUT2D eigenvalue weighted by molar-refractivity contribution is 7.12. The van der Waals surface area contributed by atoms with E-state index in [4.69, 9.17) is 9.47 Å². The van der Waals surface area contributed by atoms with E-state index >= 15 is 0 Å². The van der Waals surface area contributed by atoms with Crippen LogP contribution >= 0.6 is 11.3 Å². The van der Waals surface area contributed by atoms with E-state index in [-0.39, 0.29) is 5.91 Å². The van der Waals surface area contributed by atoms with Gasteiger partial charge in [0.1, 0.15) is 16.4 Å². The number of nitrogens with zero attached hydrogens (tertiary/aromatic N) is 2. The van der Waals surface area contributed by atoms with Gasteiger partial charge in [0.15, 0.2) is 0 Å². The van der Waals surface area contributed by atoms with E-state index in [1.54, 1.807) is 49.9 Å². The number of thiazole rings is 1. The molecule has 2 aromatic rings. The Labute approximate surface area is 121 Å². The van der Waals surface area contributed by atoms with E-state index in [1.165, 1.54) is 11.3 Å². The molecule has 0 aliphatic heterocycles. The molecule has 6 heteroatoms. The second kappa shape index (κ2) is 5.92. The van der Waals surface area contributed by atoms with Crippen LogP contribution in [0.3, 0.4) is 0 Å². The van der Waals surface area contributed by atoms with Crippen LogP contribution in [0, 0.1) is 6.92 Å². The maximum Gasteiger partial charge on any atom is 0.270 e. The van der Waals surface area contributed by atoms with Crippen molar-refractivity contribution in [3.05, 3.63) is 34.3 Å². The summed E-state index contributed by atoms with van der Waals surface area (Å²) < 4.78 is 10.4. The lowest BCUT2D eigenvalue weighted by Gasteiger charge is -2.18. The summed E-state index contributed by atoms with van der Waals surface area (Å²) in [5.74, 6) is 1.18. The quantitative estimate of drug-likeness (QED) is 0.869. The number of ether oxygens (including phenoxy) is 2. The predicted octanol–water partition coefficient (Wildman–Crippen LogP) is 2.75. The molecule has 20 heavy (non-hydrogen) atoms.